The number of carbonyl (C=O) groups excluding carboxylic acids is 1. The molecule has 0 aliphatic carbocycles. The average Bonchev–Trinajstić information content (AvgIpc) is 3.01. The molecule has 7 heteroatoms. The lowest BCUT2D eigenvalue weighted by Gasteiger charge is -2.27. The molecule has 1 aromatic rings. The summed E-state index contributed by atoms with van der Waals surface area (Å²) in [6.07, 6.45) is 2.74. The number of nitrogens with zero attached hydrogens (tertiary/aromatic N) is 3. The molecule has 0 radical (unpaired) electrons. The Bertz CT molecular complexity index is 488. The van der Waals surface area contributed by atoms with Crippen molar-refractivity contribution in [2.45, 2.75) is 24.7 Å². The number of amides is 1. The lowest BCUT2D eigenvalue weighted by Crippen LogP contribution is -2.40. The summed E-state index contributed by atoms with van der Waals surface area (Å²) in [4.78, 5) is 17.2. The van der Waals surface area contributed by atoms with Crippen molar-refractivity contribution in [2.24, 2.45) is 7.05 Å². The minimum Gasteiger partial charge on any atom is -0.445 e. The van der Waals surface area contributed by atoms with Crippen LogP contribution in [-0.4, -0.2) is 56.1 Å². The Morgan fingerprint density at radius 3 is 3.10 bits per heavy atom. The van der Waals surface area contributed by atoms with Gasteiger partial charge in [-0.25, -0.2) is 9.78 Å². The maximum atomic E-state index is 11.9. The van der Waals surface area contributed by atoms with E-state index in [1.807, 2.05) is 0 Å². The maximum Gasteiger partial charge on any atom is 0.410 e. The Kier molecular flexibility index (Phi) is 4.41. The Hall–Kier alpha value is -1.86. The molecule has 1 fully saturated rings. The van der Waals surface area contributed by atoms with Gasteiger partial charge in [0.2, 0.25) is 0 Å². The van der Waals surface area contributed by atoms with Gasteiger partial charge >= 0.3 is 6.09 Å². The first-order valence-electron chi connectivity index (χ1n) is 6.41. The molecule has 1 aliphatic rings. The van der Waals surface area contributed by atoms with Gasteiger partial charge in [-0.15, -0.1) is 0 Å². The fourth-order valence-corrected chi connectivity index (χ4v) is 2.41. The van der Waals surface area contributed by atoms with Gasteiger partial charge in [0.1, 0.15) is 12.7 Å². The number of imidazole rings is 1. The number of likely N-dealkylation sites (tertiary alicyclic amines) is 1. The molecule has 1 aliphatic heterocycles. The summed E-state index contributed by atoms with van der Waals surface area (Å²) in [5, 5.41) is 20.2. The molecule has 2 rings (SSSR count). The predicted molar refractivity (Wildman–Crippen MR) is 70.8 cm³/mol. The number of aryl methyl sites for hydroxylation is 1. The summed E-state index contributed by atoms with van der Waals surface area (Å²) >= 11 is 0. The van der Waals surface area contributed by atoms with Crippen molar-refractivity contribution >= 4 is 6.09 Å². The second-order valence-electron chi connectivity index (χ2n) is 4.85. The van der Waals surface area contributed by atoms with Crippen LogP contribution in [0.4, 0.5) is 4.79 Å². The van der Waals surface area contributed by atoms with Crippen molar-refractivity contribution in [2.75, 3.05) is 13.2 Å². The second kappa shape index (κ2) is 6.06. The molecule has 0 spiro atoms. The average molecular weight is 281 g/mol. The first-order valence-corrected chi connectivity index (χ1v) is 6.41. The summed E-state index contributed by atoms with van der Waals surface area (Å²) in [5.41, 5.74) is 0.589. The smallest absolute Gasteiger partial charge is 0.410 e. The van der Waals surface area contributed by atoms with Crippen LogP contribution in [0.15, 0.2) is 25.2 Å². The van der Waals surface area contributed by atoms with Gasteiger partial charge in [0, 0.05) is 7.05 Å². The first-order chi connectivity index (χ1) is 9.54. The van der Waals surface area contributed by atoms with Gasteiger partial charge in [0.15, 0.2) is 0 Å². The highest BCUT2D eigenvalue weighted by Crippen LogP contribution is 2.29. The van der Waals surface area contributed by atoms with E-state index in [4.69, 9.17) is 4.74 Å². The monoisotopic (exact) mass is 281 g/mol. The van der Waals surface area contributed by atoms with Gasteiger partial charge in [0.25, 0.3) is 0 Å². The third-order valence-corrected chi connectivity index (χ3v) is 3.40. The minimum absolute atomic E-state index is 0.0972. The number of rotatable bonds is 4. The Balaban J connectivity index is 2.13. The van der Waals surface area contributed by atoms with E-state index in [0.29, 0.717) is 12.1 Å². The third kappa shape index (κ3) is 2.83. The fourth-order valence-electron chi connectivity index (χ4n) is 2.41. The molecular formula is C13H19N3O4. The molecular weight excluding hydrogens is 262 g/mol. The Morgan fingerprint density at radius 1 is 1.75 bits per heavy atom. The number of ether oxygens (including phenoxy) is 1. The minimum atomic E-state index is -0.920. The van der Waals surface area contributed by atoms with E-state index in [0.717, 1.165) is 0 Å². The molecule has 1 saturated heterocycles. The highest BCUT2D eigenvalue weighted by Gasteiger charge is 2.40. The summed E-state index contributed by atoms with van der Waals surface area (Å²) in [5.74, 6) is 0. The zero-order valence-electron chi connectivity index (χ0n) is 11.3. The van der Waals surface area contributed by atoms with Crippen LogP contribution >= 0.6 is 0 Å². The van der Waals surface area contributed by atoms with Gasteiger partial charge < -0.3 is 19.5 Å². The lowest BCUT2D eigenvalue weighted by molar-refractivity contribution is 0.0518. The summed E-state index contributed by atoms with van der Waals surface area (Å²) in [7, 11) is 1.76. The lowest BCUT2D eigenvalue weighted by atomic mass is 10.1. The van der Waals surface area contributed by atoms with Crippen LogP contribution in [0.5, 0.6) is 0 Å². The largest absolute Gasteiger partial charge is 0.445 e. The zero-order valence-corrected chi connectivity index (χ0v) is 11.3. The number of hydrogen-bond donors (Lipinski definition) is 2. The zero-order chi connectivity index (χ0) is 14.7. The molecule has 1 unspecified atom stereocenters. The van der Waals surface area contributed by atoms with E-state index >= 15 is 0 Å². The van der Waals surface area contributed by atoms with Crippen molar-refractivity contribution in [3.05, 3.63) is 30.9 Å². The van der Waals surface area contributed by atoms with E-state index in [-0.39, 0.29) is 13.2 Å². The van der Waals surface area contributed by atoms with E-state index in [9.17, 15) is 15.0 Å². The van der Waals surface area contributed by atoms with Crippen molar-refractivity contribution in [3.63, 3.8) is 0 Å². The molecule has 7 nitrogen and oxygen atoms in total. The van der Waals surface area contributed by atoms with Crippen LogP contribution < -0.4 is 0 Å². The van der Waals surface area contributed by atoms with E-state index in [1.54, 1.807) is 24.1 Å². The molecule has 2 N–H and O–H groups in total. The number of β-amino-alcohol motifs (C(OH)–C–C–N with tert-alkyl or cyclic N) is 1. The summed E-state index contributed by atoms with van der Waals surface area (Å²) in [6, 6.07) is -0.530. The van der Waals surface area contributed by atoms with Gasteiger partial charge in [-0.2, -0.15) is 0 Å². The predicted octanol–water partition coefficient (Wildman–Crippen LogP) is 0.211. The standard InChI is InChI=1S/C13H19N3O4/c1-3-4-20-13(19)16-7-9(17)5-10(16)12(18)11-6-14-8-15(11)2/h3,6,8-10,12,17-18H,1,4-5,7H2,2H3/t9-,10+,12?/m1/s1. The molecule has 20 heavy (non-hydrogen) atoms. The van der Waals surface area contributed by atoms with Gasteiger partial charge in [0.05, 0.1) is 36.9 Å². The van der Waals surface area contributed by atoms with Crippen LogP contribution in [0.25, 0.3) is 0 Å². The van der Waals surface area contributed by atoms with Gasteiger partial charge in [-0.1, -0.05) is 12.7 Å². The SMILES string of the molecule is C=CCOC(=O)N1C[C@H](O)C[C@H]1C(O)c1cncn1C. The van der Waals surface area contributed by atoms with Crippen LogP contribution in [0.2, 0.25) is 0 Å². The van der Waals surface area contributed by atoms with E-state index in [1.165, 1.54) is 11.0 Å². The molecule has 0 bridgehead atoms. The Labute approximate surface area is 117 Å². The van der Waals surface area contributed by atoms with Crippen molar-refractivity contribution < 1.29 is 19.7 Å². The first kappa shape index (κ1) is 14.5. The number of hydrogen-bond acceptors (Lipinski definition) is 5. The number of carbonyl (C=O) groups is 1. The summed E-state index contributed by atoms with van der Waals surface area (Å²) in [6.45, 7) is 3.72. The molecule has 1 aromatic heterocycles. The van der Waals surface area contributed by atoms with Crippen molar-refractivity contribution in [1.82, 2.24) is 14.5 Å². The second-order valence-corrected chi connectivity index (χ2v) is 4.85. The number of aromatic nitrogens is 2. The molecule has 3 atom stereocenters. The quantitative estimate of drug-likeness (QED) is 0.770. The van der Waals surface area contributed by atoms with Crippen LogP contribution in [-0.2, 0) is 11.8 Å². The summed E-state index contributed by atoms with van der Waals surface area (Å²) < 4.78 is 6.66. The highest BCUT2D eigenvalue weighted by atomic mass is 16.6. The molecule has 0 aromatic carbocycles. The van der Waals surface area contributed by atoms with Crippen LogP contribution in [0.3, 0.4) is 0 Å². The van der Waals surface area contributed by atoms with Gasteiger partial charge in [-0.3, -0.25) is 4.90 Å². The highest BCUT2D eigenvalue weighted by molar-refractivity contribution is 5.68. The topological polar surface area (TPSA) is 87.8 Å². The normalized spacial score (nSPS) is 23.6. The van der Waals surface area contributed by atoms with E-state index < -0.39 is 24.3 Å². The van der Waals surface area contributed by atoms with Crippen molar-refractivity contribution in [3.8, 4) is 0 Å². The molecule has 1 amide bonds. The van der Waals surface area contributed by atoms with Crippen LogP contribution in [0.1, 0.15) is 18.2 Å². The van der Waals surface area contributed by atoms with Crippen molar-refractivity contribution in [1.29, 1.82) is 0 Å². The third-order valence-electron chi connectivity index (χ3n) is 3.40. The van der Waals surface area contributed by atoms with E-state index in [2.05, 4.69) is 11.6 Å². The number of aliphatic hydroxyl groups excluding tert-OH is 2. The van der Waals surface area contributed by atoms with Crippen LogP contribution in [0, 0.1) is 0 Å². The van der Waals surface area contributed by atoms with Gasteiger partial charge in [-0.05, 0) is 6.42 Å². The molecule has 0 saturated carbocycles. The maximum absolute atomic E-state index is 11.9. The molecule has 2 heterocycles. The fraction of sp³-hybridized carbons (Fsp3) is 0.538. The molecule has 110 valence electrons. The number of aliphatic hydroxyl groups is 2. The Morgan fingerprint density at radius 2 is 2.50 bits per heavy atom.